The SMILES string of the molecule is CC(C)(C)OC(=O)N1CC(N2CCC(N3CCC4(CC3)CN(c3nccc(COc5ccc(C(C)(C)c6cc(Cl)c(OCCCl)c(C#N)c6)cc5)n3)C4)CC2)C1. The van der Waals surface area contributed by atoms with Gasteiger partial charge in [0.2, 0.25) is 5.95 Å². The molecule has 4 saturated heterocycles. The minimum Gasteiger partial charge on any atom is -0.489 e. The van der Waals surface area contributed by atoms with Crippen molar-refractivity contribution in [1.82, 2.24) is 24.7 Å². The fourth-order valence-electron chi connectivity index (χ4n) is 8.60. The summed E-state index contributed by atoms with van der Waals surface area (Å²) in [7, 11) is 0. The molecule has 5 heterocycles. The zero-order valence-corrected chi connectivity index (χ0v) is 34.9. The van der Waals surface area contributed by atoms with Crippen LogP contribution in [0.15, 0.2) is 48.7 Å². The number of hydrogen-bond donors (Lipinski definition) is 0. The summed E-state index contributed by atoms with van der Waals surface area (Å²) in [6.07, 6.45) is 6.48. The van der Waals surface area contributed by atoms with E-state index >= 15 is 0 Å². The van der Waals surface area contributed by atoms with Crippen molar-refractivity contribution in [2.24, 2.45) is 5.41 Å². The first-order valence-corrected chi connectivity index (χ1v) is 20.9. The number of piperidine rings is 2. The highest BCUT2D eigenvalue weighted by Gasteiger charge is 2.47. The average molecular weight is 805 g/mol. The monoisotopic (exact) mass is 803 g/mol. The Hall–Kier alpha value is -3.82. The first-order valence-electron chi connectivity index (χ1n) is 19.9. The summed E-state index contributed by atoms with van der Waals surface area (Å²) in [4.78, 5) is 31.3. The first-order chi connectivity index (χ1) is 26.8. The van der Waals surface area contributed by atoms with Gasteiger partial charge in [-0.3, -0.25) is 4.90 Å². The molecule has 4 aliphatic heterocycles. The summed E-state index contributed by atoms with van der Waals surface area (Å²) in [5.41, 5.74) is 2.68. The molecule has 2 aromatic carbocycles. The highest BCUT2D eigenvalue weighted by molar-refractivity contribution is 6.32. The second-order valence-electron chi connectivity index (χ2n) is 17.5. The Kier molecular flexibility index (Phi) is 12.0. The van der Waals surface area contributed by atoms with Gasteiger partial charge in [0.15, 0.2) is 5.75 Å². The number of nitrogens with zero attached hydrogens (tertiary/aromatic N) is 7. The van der Waals surface area contributed by atoms with Gasteiger partial charge in [-0.25, -0.2) is 14.8 Å². The Morgan fingerprint density at radius 3 is 2.25 bits per heavy atom. The summed E-state index contributed by atoms with van der Waals surface area (Å²) in [6, 6.07) is 17.0. The number of carbonyl (C=O) groups excluding carboxylic acids is 1. The van der Waals surface area contributed by atoms with Gasteiger partial charge in [-0.2, -0.15) is 5.26 Å². The number of hydrogen-bond acceptors (Lipinski definition) is 10. The van der Waals surface area contributed by atoms with E-state index in [0.717, 1.165) is 80.9 Å². The Morgan fingerprint density at radius 1 is 0.929 bits per heavy atom. The molecular formula is C43H55Cl2N7O4. The molecule has 11 nitrogen and oxygen atoms in total. The molecule has 1 amide bonds. The number of aromatic nitrogens is 2. The van der Waals surface area contributed by atoms with Crippen LogP contribution in [0.2, 0.25) is 5.02 Å². The number of anilines is 1. The largest absolute Gasteiger partial charge is 0.489 e. The van der Waals surface area contributed by atoms with Crippen LogP contribution in [0, 0.1) is 16.7 Å². The number of ether oxygens (including phenoxy) is 3. The molecule has 0 saturated carbocycles. The van der Waals surface area contributed by atoms with E-state index in [-0.39, 0.29) is 12.7 Å². The predicted molar refractivity (Wildman–Crippen MR) is 219 cm³/mol. The Morgan fingerprint density at radius 2 is 1.61 bits per heavy atom. The summed E-state index contributed by atoms with van der Waals surface area (Å²) >= 11 is 12.3. The van der Waals surface area contributed by atoms with Crippen molar-refractivity contribution in [2.45, 2.75) is 90.0 Å². The fraction of sp³-hybridized carbons (Fsp3) is 0.581. The Balaban J connectivity index is 0.848. The maximum atomic E-state index is 12.4. The van der Waals surface area contributed by atoms with E-state index in [0.29, 0.717) is 46.3 Å². The van der Waals surface area contributed by atoms with Crippen molar-refractivity contribution < 1.29 is 19.0 Å². The van der Waals surface area contributed by atoms with Gasteiger partial charge >= 0.3 is 6.09 Å². The third-order valence-corrected chi connectivity index (χ3v) is 12.5. The van der Waals surface area contributed by atoms with Gasteiger partial charge in [-0.1, -0.05) is 37.6 Å². The zero-order valence-electron chi connectivity index (χ0n) is 33.4. The van der Waals surface area contributed by atoms with Crippen molar-refractivity contribution in [3.05, 3.63) is 76.1 Å². The van der Waals surface area contributed by atoms with Crippen LogP contribution in [0.4, 0.5) is 10.7 Å². The molecule has 7 rings (SSSR count). The molecule has 300 valence electrons. The van der Waals surface area contributed by atoms with Gasteiger partial charge in [-0.05, 0) is 101 Å². The molecule has 3 aromatic rings. The van der Waals surface area contributed by atoms with Gasteiger partial charge in [0.25, 0.3) is 0 Å². The number of benzene rings is 2. The highest BCUT2D eigenvalue weighted by Crippen LogP contribution is 2.43. The van der Waals surface area contributed by atoms with E-state index in [1.807, 2.05) is 74.3 Å². The second kappa shape index (κ2) is 16.6. The minimum absolute atomic E-state index is 0.189. The lowest BCUT2D eigenvalue weighted by atomic mass is 9.71. The Labute approximate surface area is 341 Å². The van der Waals surface area contributed by atoms with E-state index in [2.05, 4.69) is 39.6 Å². The summed E-state index contributed by atoms with van der Waals surface area (Å²) in [5, 5.41) is 10.2. The van der Waals surface area contributed by atoms with Crippen molar-refractivity contribution >= 4 is 35.2 Å². The fourth-order valence-corrected chi connectivity index (χ4v) is 8.95. The maximum absolute atomic E-state index is 12.4. The van der Waals surface area contributed by atoms with Gasteiger partial charge in [0.1, 0.15) is 30.6 Å². The second-order valence-corrected chi connectivity index (χ2v) is 18.3. The number of carbonyl (C=O) groups is 1. The molecule has 0 unspecified atom stereocenters. The number of amides is 1. The van der Waals surface area contributed by atoms with E-state index in [9.17, 15) is 10.1 Å². The standard InChI is InChI=1S/C43H55Cl2N7O4/c1-41(2,3)56-40(53)51-25-35(26-51)49-17-11-34(12-18-49)50-19-13-43(14-20-50)28-52(29-43)39-47-16-10-33(48-39)27-55-36-8-6-31(7-9-36)42(4,5)32-22-30(24-46)38(37(45)23-32)54-21-15-44/h6-10,16,22-23,34-35H,11-15,17-21,25-29H2,1-5H3. The van der Waals surface area contributed by atoms with Gasteiger partial charge < -0.3 is 28.9 Å². The third kappa shape index (κ3) is 8.99. The molecule has 4 fully saturated rings. The first kappa shape index (κ1) is 40.4. The molecule has 56 heavy (non-hydrogen) atoms. The summed E-state index contributed by atoms with van der Waals surface area (Å²) in [6.45, 7) is 18.7. The summed E-state index contributed by atoms with van der Waals surface area (Å²) in [5.74, 6) is 2.20. The van der Waals surface area contributed by atoms with Crippen molar-refractivity contribution in [1.29, 1.82) is 5.26 Å². The third-order valence-electron chi connectivity index (χ3n) is 12.1. The molecule has 1 aromatic heterocycles. The summed E-state index contributed by atoms with van der Waals surface area (Å²) < 4.78 is 17.3. The van der Waals surface area contributed by atoms with E-state index in [1.165, 1.54) is 25.7 Å². The highest BCUT2D eigenvalue weighted by atomic mass is 35.5. The molecule has 0 atom stereocenters. The number of nitriles is 1. The van der Waals surface area contributed by atoms with Crippen LogP contribution in [0.3, 0.4) is 0 Å². The molecule has 1 spiro atoms. The van der Waals surface area contributed by atoms with E-state index < -0.39 is 11.0 Å². The molecular weight excluding hydrogens is 749 g/mol. The molecule has 13 heteroatoms. The number of likely N-dealkylation sites (tertiary alicyclic amines) is 3. The Bertz CT molecular complexity index is 1880. The number of halogens is 2. The minimum atomic E-state index is -0.449. The lowest BCUT2D eigenvalue weighted by Gasteiger charge is -2.55. The van der Waals surface area contributed by atoms with Crippen LogP contribution in [-0.4, -0.2) is 113 Å². The quantitative estimate of drug-likeness (QED) is 0.181. The average Bonchev–Trinajstić information content (AvgIpc) is 3.14. The van der Waals surface area contributed by atoms with Crippen molar-refractivity contribution in [3.63, 3.8) is 0 Å². The van der Waals surface area contributed by atoms with Gasteiger partial charge in [-0.15, -0.1) is 11.6 Å². The molecule has 4 aliphatic rings. The molecule has 0 radical (unpaired) electrons. The molecule has 0 bridgehead atoms. The number of rotatable bonds is 11. The molecule has 0 N–H and O–H groups in total. The van der Waals surface area contributed by atoms with Crippen LogP contribution in [-0.2, 0) is 16.8 Å². The predicted octanol–water partition coefficient (Wildman–Crippen LogP) is 7.51. The van der Waals surface area contributed by atoms with Gasteiger partial charge in [0.05, 0.1) is 22.2 Å². The molecule has 0 aliphatic carbocycles. The lowest BCUT2D eigenvalue weighted by molar-refractivity contribution is -0.0291. The van der Waals surface area contributed by atoms with Crippen LogP contribution < -0.4 is 14.4 Å². The van der Waals surface area contributed by atoms with Crippen molar-refractivity contribution in [3.8, 4) is 17.6 Å². The van der Waals surface area contributed by atoms with Gasteiger partial charge in [0, 0.05) is 68.4 Å². The van der Waals surface area contributed by atoms with Crippen LogP contribution in [0.1, 0.15) is 82.7 Å². The zero-order chi connectivity index (χ0) is 39.7. The topological polar surface area (TPSA) is 107 Å². The smallest absolute Gasteiger partial charge is 0.410 e. The van der Waals surface area contributed by atoms with E-state index in [4.69, 9.17) is 42.4 Å². The van der Waals surface area contributed by atoms with Crippen LogP contribution >= 0.6 is 23.2 Å². The maximum Gasteiger partial charge on any atom is 0.410 e. The van der Waals surface area contributed by atoms with Crippen molar-refractivity contribution in [2.75, 3.05) is 69.7 Å². The van der Waals surface area contributed by atoms with Crippen LogP contribution in [0.25, 0.3) is 0 Å². The number of alkyl halides is 1. The van der Waals surface area contributed by atoms with E-state index in [1.54, 1.807) is 0 Å². The normalized spacial score (nSPS) is 19.6. The van der Waals surface area contributed by atoms with Crippen LogP contribution in [0.5, 0.6) is 11.5 Å². The lowest BCUT2D eigenvalue weighted by Crippen LogP contribution is -2.64.